The number of hydrogen-bond acceptors (Lipinski definition) is 5. The summed E-state index contributed by atoms with van der Waals surface area (Å²) < 4.78 is 2.16. The number of likely N-dealkylation sites (tertiary alicyclic amines) is 1. The zero-order valence-corrected chi connectivity index (χ0v) is 15.8. The van der Waals surface area contributed by atoms with Gasteiger partial charge in [-0.3, -0.25) is 14.6 Å². The highest BCUT2D eigenvalue weighted by atomic mass is 16.2. The maximum Gasteiger partial charge on any atom is 0.325 e. The van der Waals surface area contributed by atoms with Crippen LogP contribution in [-0.4, -0.2) is 69.0 Å². The number of nitrogens with zero attached hydrogens (tertiary/aromatic N) is 4. The van der Waals surface area contributed by atoms with E-state index in [0.29, 0.717) is 13.1 Å². The molecule has 1 aliphatic rings. The van der Waals surface area contributed by atoms with Crippen molar-refractivity contribution < 1.29 is 4.79 Å². The van der Waals surface area contributed by atoms with Gasteiger partial charge in [-0.15, -0.1) is 0 Å². The van der Waals surface area contributed by atoms with Gasteiger partial charge >= 0.3 is 5.69 Å². The minimum absolute atomic E-state index is 0.0199. The molecule has 1 atom stereocenters. The largest absolute Gasteiger partial charge is 0.342 e. The van der Waals surface area contributed by atoms with Gasteiger partial charge in [-0.2, -0.15) is 0 Å². The number of piperidine rings is 1. The maximum absolute atomic E-state index is 12.7. The molecule has 3 heterocycles. The molecular formula is C18H26N6O3. The first-order valence-corrected chi connectivity index (χ1v) is 9.18. The summed E-state index contributed by atoms with van der Waals surface area (Å²) in [6.45, 7) is 3.06. The van der Waals surface area contributed by atoms with E-state index in [1.54, 1.807) is 4.90 Å². The van der Waals surface area contributed by atoms with Crippen molar-refractivity contribution in [3.63, 3.8) is 0 Å². The summed E-state index contributed by atoms with van der Waals surface area (Å²) in [5.74, 6) is 1.09. The molecule has 0 aromatic carbocycles. The Morgan fingerprint density at radius 1 is 1.37 bits per heavy atom. The van der Waals surface area contributed by atoms with Gasteiger partial charge in [0.1, 0.15) is 5.82 Å². The van der Waals surface area contributed by atoms with Crippen LogP contribution in [0.25, 0.3) is 0 Å². The summed E-state index contributed by atoms with van der Waals surface area (Å²) in [5.41, 5.74) is -0.812. The zero-order chi connectivity index (χ0) is 19.4. The number of H-pyrrole nitrogens is 2. The smallest absolute Gasteiger partial charge is 0.325 e. The number of imidazole rings is 1. The Balaban J connectivity index is 1.67. The molecule has 146 valence electrons. The number of aromatic amines is 2. The van der Waals surface area contributed by atoms with Gasteiger partial charge in [0, 0.05) is 56.3 Å². The van der Waals surface area contributed by atoms with Crippen LogP contribution in [0.15, 0.2) is 28.2 Å². The van der Waals surface area contributed by atoms with Gasteiger partial charge in [0.15, 0.2) is 0 Å². The number of amides is 1. The molecule has 1 fully saturated rings. The minimum Gasteiger partial charge on any atom is -0.342 e. The summed E-state index contributed by atoms with van der Waals surface area (Å²) in [4.78, 5) is 48.6. The van der Waals surface area contributed by atoms with Crippen LogP contribution < -0.4 is 11.2 Å². The van der Waals surface area contributed by atoms with Crippen molar-refractivity contribution in [2.45, 2.75) is 31.7 Å². The highest BCUT2D eigenvalue weighted by Gasteiger charge is 2.27. The molecule has 3 rings (SSSR count). The lowest BCUT2D eigenvalue weighted by molar-refractivity contribution is -0.131. The SMILES string of the molecule is CN(C)CCn1ccnc1[C@H]1CCCN(C(=O)Cc2c[nH]c(=O)[nH]c2=O)C1. The number of hydrogen-bond donors (Lipinski definition) is 2. The van der Waals surface area contributed by atoms with Crippen molar-refractivity contribution >= 4 is 5.91 Å². The van der Waals surface area contributed by atoms with Gasteiger partial charge in [0.25, 0.3) is 5.56 Å². The molecule has 1 aliphatic heterocycles. The average Bonchev–Trinajstić information content (AvgIpc) is 3.11. The van der Waals surface area contributed by atoms with E-state index in [1.165, 1.54) is 6.20 Å². The average molecular weight is 374 g/mol. The monoisotopic (exact) mass is 374 g/mol. The van der Waals surface area contributed by atoms with E-state index in [1.807, 2.05) is 26.5 Å². The third-order valence-electron chi connectivity index (χ3n) is 4.91. The molecule has 0 bridgehead atoms. The Morgan fingerprint density at radius 3 is 2.93 bits per heavy atom. The quantitative estimate of drug-likeness (QED) is 0.726. The van der Waals surface area contributed by atoms with Crippen molar-refractivity contribution in [1.29, 1.82) is 0 Å². The number of aromatic nitrogens is 4. The Kier molecular flexibility index (Phi) is 5.90. The van der Waals surface area contributed by atoms with E-state index < -0.39 is 11.2 Å². The molecular weight excluding hydrogens is 348 g/mol. The first-order valence-electron chi connectivity index (χ1n) is 9.18. The normalized spacial score (nSPS) is 17.4. The fourth-order valence-corrected chi connectivity index (χ4v) is 3.44. The van der Waals surface area contributed by atoms with Gasteiger partial charge in [-0.05, 0) is 26.9 Å². The lowest BCUT2D eigenvalue weighted by atomic mass is 9.96. The fourth-order valence-electron chi connectivity index (χ4n) is 3.44. The predicted octanol–water partition coefficient (Wildman–Crippen LogP) is -0.230. The summed E-state index contributed by atoms with van der Waals surface area (Å²) >= 11 is 0. The molecule has 1 saturated heterocycles. The van der Waals surface area contributed by atoms with E-state index in [2.05, 4.69) is 24.4 Å². The van der Waals surface area contributed by atoms with E-state index >= 15 is 0 Å². The molecule has 0 spiro atoms. The highest BCUT2D eigenvalue weighted by Crippen LogP contribution is 2.26. The molecule has 1 amide bonds. The van der Waals surface area contributed by atoms with Gasteiger partial charge < -0.3 is 19.4 Å². The molecule has 0 unspecified atom stereocenters. The Hall–Kier alpha value is -2.68. The number of likely N-dealkylation sites (N-methyl/N-ethyl adjacent to an activating group) is 1. The van der Waals surface area contributed by atoms with Gasteiger partial charge in [0.2, 0.25) is 5.91 Å². The molecule has 9 heteroatoms. The van der Waals surface area contributed by atoms with Crippen molar-refractivity contribution in [3.8, 4) is 0 Å². The summed E-state index contributed by atoms with van der Waals surface area (Å²) in [7, 11) is 4.08. The molecule has 0 saturated carbocycles. The second-order valence-corrected chi connectivity index (χ2v) is 7.23. The van der Waals surface area contributed by atoms with Gasteiger partial charge in [0.05, 0.1) is 6.42 Å². The first kappa shape index (κ1) is 19.1. The van der Waals surface area contributed by atoms with Crippen LogP contribution in [0.4, 0.5) is 0 Å². The highest BCUT2D eigenvalue weighted by molar-refractivity contribution is 5.78. The molecule has 0 radical (unpaired) electrons. The molecule has 2 N–H and O–H groups in total. The molecule has 0 aliphatic carbocycles. The van der Waals surface area contributed by atoms with Gasteiger partial charge in [-0.25, -0.2) is 9.78 Å². The van der Waals surface area contributed by atoms with Crippen molar-refractivity contribution in [2.75, 3.05) is 33.7 Å². The van der Waals surface area contributed by atoms with Crippen LogP contribution in [-0.2, 0) is 17.8 Å². The zero-order valence-electron chi connectivity index (χ0n) is 15.8. The molecule has 2 aromatic rings. The summed E-state index contributed by atoms with van der Waals surface area (Å²) in [6.07, 6.45) is 6.98. The maximum atomic E-state index is 12.7. The number of carbonyl (C=O) groups is 1. The Morgan fingerprint density at radius 2 is 2.19 bits per heavy atom. The Labute approximate surface area is 157 Å². The minimum atomic E-state index is -0.571. The van der Waals surface area contributed by atoms with E-state index in [4.69, 9.17) is 0 Å². The second kappa shape index (κ2) is 8.34. The summed E-state index contributed by atoms with van der Waals surface area (Å²) in [6, 6.07) is 0. The van der Waals surface area contributed by atoms with Crippen molar-refractivity contribution in [3.05, 3.63) is 50.8 Å². The van der Waals surface area contributed by atoms with Crippen LogP contribution in [0, 0.1) is 0 Å². The standard InChI is InChI=1S/C18H26N6O3/c1-22(2)8-9-23-7-5-19-16(23)13-4-3-6-24(12-13)15(25)10-14-11-20-18(27)21-17(14)26/h5,7,11,13H,3-4,6,8-10,12H2,1-2H3,(H2,20,21,26,27)/t13-/m0/s1. The number of rotatable bonds is 6. The van der Waals surface area contributed by atoms with Crippen LogP contribution in [0.5, 0.6) is 0 Å². The van der Waals surface area contributed by atoms with Crippen LogP contribution >= 0.6 is 0 Å². The van der Waals surface area contributed by atoms with E-state index in [9.17, 15) is 14.4 Å². The Bertz CT molecular complexity index is 897. The lowest BCUT2D eigenvalue weighted by Gasteiger charge is -2.33. The van der Waals surface area contributed by atoms with Crippen LogP contribution in [0.2, 0.25) is 0 Å². The van der Waals surface area contributed by atoms with Crippen molar-refractivity contribution in [1.82, 2.24) is 29.3 Å². The summed E-state index contributed by atoms with van der Waals surface area (Å²) in [5, 5.41) is 0. The third-order valence-corrected chi connectivity index (χ3v) is 4.91. The van der Waals surface area contributed by atoms with Crippen LogP contribution in [0.3, 0.4) is 0 Å². The third kappa shape index (κ3) is 4.73. The van der Waals surface area contributed by atoms with E-state index in [0.717, 1.165) is 31.8 Å². The van der Waals surface area contributed by atoms with Crippen molar-refractivity contribution in [2.24, 2.45) is 0 Å². The second-order valence-electron chi connectivity index (χ2n) is 7.23. The topological polar surface area (TPSA) is 107 Å². The van der Waals surface area contributed by atoms with Gasteiger partial charge in [-0.1, -0.05) is 0 Å². The number of carbonyl (C=O) groups excluding carboxylic acids is 1. The molecule has 9 nitrogen and oxygen atoms in total. The van der Waals surface area contributed by atoms with Crippen LogP contribution in [0.1, 0.15) is 30.1 Å². The molecule has 2 aromatic heterocycles. The lowest BCUT2D eigenvalue weighted by Crippen LogP contribution is -2.41. The fraction of sp³-hybridized carbons (Fsp3) is 0.556. The molecule has 27 heavy (non-hydrogen) atoms. The first-order chi connectivity index (χ1) is 12.9. The predicted molar refractivity (Wildman–Crippen MR) is 101 cm³/mol. The van der Waals surface area contributed by atoms with E-state index in [-0.39, 0.29) is 23.8 Å². The number of nitrogens with one attached hydrogen (secondary N) is 2.